The Balaban J connectivity index is 2.41. The smallest absolute Gasteiger partial charge is 0.242 e. The van der Waals surface area contributed by atoms with Crippen molar-refractivity contribution < 1.29 is 4.79 Å². The number of benzene rings is 1. The Morgan fingerprint density at radius 1 is 1.27 bits per heavy atom. The van der Waals surface area contributed by atoms with Crippen LogP contribution in [0.5, 0.6) is 0 Å². The van der Waals surface area contributed by atoms with E-state index in [-0.39, 0.29) is 18.0 Å². The van der Waals surface area contributed by atoms with Gasteiger partial charge in [-0.15, -0.1) is 0 Å². The molecule has 15 heavy (non-hydrogen) atoms. The fourth-order valence-electron chi connectivity index (χ4n) is 1.84. The lowest BCUT2D eigenvalue weighted by Gasteiger charge is -2.31. The summed E-state index contributed by atoms with van der Waals surface area (Å²) in [6.45, 7) is 4.17. The van der Waals surface area contributed by atoms with Gasteiger partial charge in [0, 0.05) is 0 Å². The Morgan fingerprint density at radius 3 is 2.53 bits per heavy atom. The van der Waals surface area contributed by atoms with E-state index in [2.05, 4.69) is 10.3 Å². The number of nitrogens with one attached hydrogen (secondary N) is 1. The first kappa shape index (κ1) is 9.90. The molecule has 1 aromatic carbocycles. The van der Waals surface area contributed by atoms with E-state index < -0.39 is 0 Å². The van der Waals surface area contributed by atoms with Gasteiger partial charge in [-0.2, -0.15) is 0 Å². The van der Waals surface area contributed by atoms with Crippen LogP contribution in [0.3, 0.4) is 0 Å². The first-order valence-corrected chi connectivity index (χ1v) is 5.01. The van der Waals surface area contributed by atoms with E-state index in [1.807, 2.05) is 44.2 Å². The molecule has 1 aliphatic rings. The van der Waals surface area contributed by atoms with Crippen LogP contribution in [-0.4, -0.2) is 23.7 Å². The maximum atomic E-state index is 11.2. The molecule has 0 aliphatic carbocycles. The summed E-state index contributed by atoms with van der Waals surface area (Å²) in [5, 5.41) is 2.93. The third-order valence-corrected chi connectivity index (χ3v) is 2.47. The predicted octanol–water partition coefficient (Wildman–Crippen LogP) is 1.38. The minimum absolute atomic E-state index is 0.0142. The van der Waals surface area contributed by atoms with Crippen LogP contribution in [-0.2, 0) is 4.79 Å². The highest BCUT2D eigenvalue weighted by Gasteiger charge is 2.31. The fourth-order valence-corrected chi connectivity index (χ4v) is 1.84. The summed E-state index contributed by atoms with van der Waals surface area (Å²) in [6.07, 6.45) is 0. The maximum Gasteiger partial charge on any atom is 0.242 e. The molecular weight excluding hydrogens is 188 g/mol. The first-order valence-electron chi connectivity index (χ1n) is 5.01. The normalized spacial score (nSPS) is 19.3. The molecule has 0 spiro atoms. The van der Waals surface area contributed by atoms with Crippen LogP contribution in [0.4, 0.5) is 0 Å². The number of aliphatic imine (C=N–C) groups is 1. The van der Waals surface area contributed by atoms with Crippen LogP contribution >= 0.6 is 0 Å². The zero-order chi connectivity index (χ0) is 10.9. The van der Waals surface area contributed by atoms with Crippen molar-refractivity contribution in [2.45, 2.75) is 19.4 Å². The second-order valence-corrected chi connectivity index (χ2v) is 4.20. The quantitative estimate of drug-likeness (QED) is 0.734. The summed E-state index contributed by atoms with van der Waals surface area (Å²) in [6, 6.07) is 9.95. The molecular formula is C12H14N2O. The van der Waals surface area contributed by atoms with Crippen LogP contribution in [0.2, 0.25) is 0 Å². The molecule has 0 atom stereocenters. The Morgan fingerprint density at radius 2 is 1.93 bits per heavy atom. The highest BCUT2D eigenvalue weighted by molar-refractivity contribution is 6.10. The molecule has 0 saturated heterocycles. The Bertz CT molecular complexity index is 407. The summed E-state index contributed by atoms with van der Waals surface area (Å²) >= 11 is 0. The fraction of sp³-hybridized carbons (Fsp3) is 0.333. The molecule has 1 N–H and O–H groups in total. The SMILES string of the molecule is CC1(C)NC(=O)CN=C1c1ccccc1. The summed E-state index contributed by atoms with van der Waals surface area (Å²) in [7, 11) is 0. The number of hydrogen-bond donors (Lipinski definition) is 1. The Labute approximate surface area is 89.2 Å². The third kappa shape index (κ3) is 1.91. The van der Waals surface area contributed by atoms with Gasteiger partial charge in [0.05, 0.1) is 11.3 Å². The molecule has 1 aliphatic heterocycles. The van der Waals surface area contributed by atoms with Crippen LogP contribution in [0.1, 0.15) is 19.4 Å². The first-order chi connectivity index (χ1) is 7.09. The number of rotatable bonds is 1. The van der Waals surface area contributed by atoms with Crippen molar-refractivity contribution in [3.63, 3.8) is 0 Å². The van der Waals surface area contributed by atoms with Crippen LogP contribution in [0, 0.1) is 0 Å². The minimum Gasteiger partial charge on any atom is -0.344 e. The highest BCUT2D eigenvalue weighted by Crippen LogP contribution is 2.16. The van der Waals surface area contributed by atoms with Crippen molar-refractivity contribution in [2.24, 2.45) is 4.99 Å². The summed E-state index contributed by atoms with van der Waals surface area (Å²) in [5.41, 5.74) is 1.64. The van der Waals surface area contributed by atoms with Crippen molar-refractivity contribution in [3.8, 4) is 0 Å². The molecule has 0 aromatic heterocycles. The van der Waals surface area contributed by atoms with E-state index in [1.165, 1.54) is 0 Å². The van der Waals surface area contributed by atoms with Crippen LogP contribution < -0.4 is 5.32 Å². The number of carbonyl (C=O) groups excluding carboxylic acids is 1. The molecule has 0 unspecified atom stereocenters. The van der Waals surface area contributed by atoms with E-state index in [0.717, 1.165) is 11.3 Å². The summed E-state index contributed by atoms with van der Waals surface area (Å²) in [4.78, 5) is 15.6. The van der Waals surface area contributed by atoms with Gasteiger partial charge in [-0.3, -0.25) is 9.79 Å². The van der Waals surface area contributed by atoms with Gasteiger partial charge < -0.3 is 5.32 Å². The van der Waals surface area contributed by atoms with Gasteiger partial charge in [-0.1, -0.05) is 30.3 Å². The lowest BCUT2D eigenvalue weighted by Crippen LogP contribution is -2.54. The van der Waals surface area contributed by atoms with E-state index in [9.17, 15) is 4.79 Å². The van der Waals surface area contributed by atoms with Gasteiger partial charge in [0.25, 0.3) is 0 Å². The molecule has 3 nitrogen and oxygen atoms in total. The van der Waals surface area contributed by atoms with Crippen molar-refractivity contribution in [1.29, 1.82) is 0 Å². The zero-order valence-corrected chi connectivity index (χ0v) is 8.95. The van der Waals surface area contributed by atoms with Crippen LogP contribution in [0.25, 0.3) is 0 Å². The van der Waals surface area contributed by atoms with Gasteiger partial charge in [0.2, 0.25) is 5.91 Å². The summed E-state index contributed by atoms with van der Waals surface area (Å²) < 4.78 is 0. The summed E-state index contributed by atoms with van der Waals surface area (Å²) in [5.74, 6) is -0.0142. The standard InChI is InChI=1S/C12H14N2O/c1-12(2)11(13-8-10(15)14-12)9-6-4-3-5-7-9/h3-7H,8H2,1-2H3,(H,14,15). The van der Waals surface area contributed by atoms with E-state index in [1.54, 1.807) is 0 Å². The van der Waals surface area contributed by atoms with Crippen LogP contribution in [0.15, 0.2) is 35.3 Å². The molecule has 1 amide bonds. The average Bonchev–Trinajstić information content (AvgIpc) is 2.17. The topological polar surface area (TPSA) is 41.5 Å². The largest absolute Gasteiger partial charge is 0.344 e. The van der Waals surface area contributed by atoms with E-state index >= 15 is 0 Å². The maximum absolute atomic E-state index is 11.2. The van der Waals surface area contributed by atoms with Crippen molar-refractivity contribution in [3.05, 3.63) is 35.9 Å². The van der Waals surface area contributed by atoms with Gasteiger partial charge >= 0.3 is 0 Å². The number of hydrogen-bond acceptors (Lipinski definition) is 2. The number of amides is 1. The number of nitrogens with zero attached hydrogens (tertiary/aromatic N) is 1. The number of carbonyl (C=O) groups is 1. The van der Waals surface area contributed by atoms with Crippen molar-refractivity contribution in [2.75, 3.05) is 6.54 Å². The lowest BCUT2D eigenvalue weighted by atomic mass is 9.90. The minimum atomic E-state index is -0.378. The Hall–Kier alpha value is -1.64. The van der Waals surface area contributed by atoms with Gasteiger partial charge in [-0.25, -0.2) is 0 Å². The highest BCUT2D eigenvalue weighted by atomic mass is 16.2. The molecule has 1 aromatic rings. The molecule has 0 radical (unpaired) electrons. The molecule has 1 heterocycles. The van der Waals surface area contributed by atoms with Crippen molar-refractivity contribution >= 4 is 11.6 Å². The molecule has 0 fully saturated rings. The van der Waals surface area contributed by atoms with Gasteiger partial charge in [0.15, 0.2) is 0 Å². The van der Waals surface area contributed by atoms with Gasteiger partial charge in [0.1, 0.15) is 6.54 Å². The monoisotopic (exact) mass is 202 g/mol. The average molecular weight is 202 g/mol. The third-order valence-electron chi connectivity index (χ3n) is 2.47. The van der Waals surface area contributed by atoms with Gasteiger partial charge in [-0.05, 0) is 19.4 Å². The molecule has 78 valence electrons. The molecule has 0 saturated carbocycles. The second-order valence-electron chi connectivity index (χ2n) is 4.20. The van der Waals surface area contributed by atoms with E-state index in [0.29, 0.717) is 0 Å². The second kappa shape index (κ2) is 3.50. The predicted molar refractivity (Wildman–Crippen MR) is 60.1 cm³/mol. The van der Waals surface area contributed by atoms with E-state index in [4.69, 9.17) is 0 Å². The van der Waals surface area contributed by atoms with Crippen molar-refractivity contribution in [1.82, 2.24) is 5.32 Å². The lowest BCUT2D eigenvalue weighted by molar-refractivity contribution is -0.121. The zero-order valence-electron chi connectivity index (χ0n) is 8.95. The molecule has 3 heteroatoms. The molecule has 2 rings (SSSR count). The Kier molecular flexibility index (Phi) is 2.31. The molecule has 0 bridgehead atoms.